The molecule has 0 saturated carbocycles. The van der Waals surface area contributed by atoms with Crippen LogP contribution in [0, 0.1) is 13.8 Å². The number of carbonyl (C=O) groups is 2. The fourth-order valence-electron chi connectivity index (χ4n) is 3.48. The van der Waals surface area contributed by atoms with E-state index < -0.39 is 5.60 Å². The van der Waals surface area contributed by atoms with Crippen LogP contribution in [0.4, 0.5) is 4.79 Å². The molecule has 1 aliphatic heterocycles. The van der Waals surface area contributed by atoms with E-state index in [0.29, 0.717) is 19.5 Å². The van der Waals surface area contributed by atoms with Gasteiger partial charge in [-0.25, -0.2) is 9.78 Å². The van der Waals surface area contributed by atoms with E-state index in [2.05, 4.69) is 41.5 Å². The van der Waals surface area contributed by atoms with Gasteiger partial charge in [0, 0.05) is 29.6 Å². The Bertz CT molecular complexity index is 891. The average Bonchev–Trinajstić information content (AvgIpc) is 3.01. The van der Waals surface area contributed by atoms with Crippen molar-refractivity contribution in [3.8, 4) is 11.3 Å². The molecule has 1 saturated heterocycles. The molecule has 1 fully saturated rings. The summed E-state index contributed by atoms with van der Waals surface area (Å²) in [6, 6.07) is 8.31. The van der Waals surface area contributed by atoms with E-state index in [4.69, 9.17) is 4.74 Å². The number of rotatable bonds is 4. The second-order valence-corrected chi connectivity index (χ2v) is 10.1. The summed E-state index contributed by atoms with van der Waals surface area (Å²) >= 11 is 1.57. The molecule has 6 nitrogen and oxygen atoms in total. The van der Waals surface area contributed by atoms with Gasteiger partial charge in [0.05, 0.1) is 17.1 Å². The van der Waals surface area contributed by atoms with E-state index in [1.165, 1.54) is 5.56 Å². The zero-order valence-electron chi connectivity index (χ0n) is 18.4. The van der Waals surface area contributed by atoms with Gasteiger partial charge in [-0.1, -0.05) is 29.8 Å². The first-order valence-electron chi connectivity index (χ1n) is 10.4. The topological polar surface area (TPSA) is 71.5 Å². The fourth-order valence-corrected chi connectivity index (χ4v) is 4.44. The zero-order valence-corrected chi connectivity index (χ0v) is 19.3. The van der Waals surface area contributed by atoms with E-state index in [-0.39, 0.29) is 18.0 Å². The van der Waals surface area contributed by atoms with E-state index in [0.717, 1.165) is 34.0 Å². The summed E-state index contributed by atoms with van der Waals surface area (Å²) in [6.07, 6.45) is 1.51. The second-order valence-electron chi connectivity index (χ2n) is 8.86. The van der Waals surface area contributed by atoms with Crippen LogP contribution in [0.1, 0.15) is 49.1 Å². The van der Waals surface area contributed by atoms with Gasteiger partial charge in [0.15, 0.2) is 0 Å². The van der Waals surface area contributed by atoms with E-state index >= 15 is 0 Å². The SMILES string of the molecule is Cc1ccc(-c2nc(C)sc2CC(=O)NC2CCN(C(=O)OC(C)(C)C)CC2)cc1. The van der Waals surface area contributed by atoms with Crippen LogP contribution in [0.2, 0.25) is 0 Å². The highest BCUT2D eigenvalue weighted by atomic mass is 32.1. The number of aryl methyl sites for hydroxylation is 2. The number of thiazole rings is 1. The number of carbonyl (C=O) groups excluding carboxylic acids is 2. The van der Waals surface area contributed by atoms with Gasteiger partial charge in [-0.2, -0.15) is 0 Å². The van der Waals surface area contributed by atoms with Crippen molar-refractivity contribution in [2.75, 3.05) is 13.1 Å². The Balaban J connectivity index is 1.55. The Kier molecular flexibility index (Phi) is 6.81. The molecule has 1 aromatic heterocycles. The summed E-state index contributed by atoms with van der Waals surface area (Å²) in [6.45, 7) is 10.8. The van der Waals surface area contributed by atoms with Gasteiger partial charge in [-0.3, -0.25) is 4.79 Å². The highest BCUT2D eigenvalue weighted by Gasteiger charge is 2.27. The molecule has 2 amide bonds. The van der Waals surface area contributed by atoms with Gasteiger partial charge < -0.3 is 15.0 Å². The maximum absolute atomic E-state index is 12.7. The molecule has 2 aromatic rings. The third kappa shape index (κ3) is 6.05. The lowest BCUT2D eigenvalue weighted by atomic mass is 10.0. The predicted molar refractivity (Wildman–Crippen MR) is 120 cm³/mol. The van der Waals surface area contributed by atoms with Crippen LogP contribution in [0.15, 0.2) is 24.3 Å². The molecule has 0 spiro atoms. The molecule has 0 radical (unpaired) electrons. The molecular weight excluding hydrogens is 398 g/mol. The number of benzene rings is 1. The van der Waals surface area contributed by atoms with Crippen molar-refractivity contribution in [1.82, 2.24) is 15.2 Å². The van der Waals surface area contributed by atoms with Crippen molar-refractivity contribution in [3.63, 3.8) is 0 Å². The quantitative estimate of drug-likeness (QED) is 0.778. The molecule has 1 aromatic carbocycles. The number of hydrogen-bond donors (Lipinski definition) is 1. The monoisotopic (exact) mass is 429 g/mol. The Morgan fingerprint density at radius 3 is 2.40 bits per heavy atom. The molecule has 2 heterocycles. The smallest absolute Gasteiger partial charge is 0.410 e. The van der Waals surface area contributed by atoms with Crippen molar-refractivity contribution < 1.29 is 14.3 Å². The lowest BCUT2D eigenvalue weighted by Gasteiger charge is -2.33. The van der Waals surface area contributed by atoms with Crippen molar-refractivity contribution >= 4 is 23.3 Å². The molecule has 3 rings (SSSR count). The second kappa shape index (κ2) is 9.16. The maximum atomic E-state index is 12.7. The number of amides is 2. The fraction of sp³-hybridized carbons (Fsp3) is 0.522. The van der Waals surface area contributed by atoms with Crippen molar-refractivity contribution in [2.24, 2.45) is 0 Å². The van der Waals surface area contributed by atoms with E-state index in [9.17, 15) is 9.59 Å². The minimum Gasteiger partial charge on any atom is -0.444 e. The number of nitrogens with one attached hydrogen (secondary N) is 1. The van der Waals surface area contributed by atoms with Gasteiger partial charge in [-0.15, -0.1) is 11.3 Å². The molecule has 0 atom stereocenters. The Hall–Kier alpha value is -2.41. The summed E-state index contributed by atoms with van der Waals surface area (Å²) in [5.41, 5.74) is 2.64. The van der Waals surface area contributed by atoms with Gasteiger partial charge in [0.2, 0.25) is 5.91 Å². The Morgan fingerprint density at radius 2 is 1.80 bits per heavy atom. The third-order valence-electron chi connectivity index (χ3n) is 4.96. The van der Waals surface area contributed by atoms with Crippen LogP contribution in [0.3, 0.4) is 0 Å². The maximum Gasteiger partial charge on any atom is 0.410 e. The summed E-state index contributed by atoms with van der Waals surface area (Å²) in [5, 5.41) is 4.09. The molecule has 162 valence electrons. The molecule has 0 aliphatic carbocycles. The lowest BCUT2D eigenvalue weighted by Crippen LogP contribution is -2.48. The van der Waals surface area contributed by atoms with Gasteiger partial charge in [0.25, 0.3) is 0 Å². The Morgan fingerprint density at radius 1 is 1.17 bits per heavy atom. The lowest BCUT2D eigenvalue weighted by molar-refractivity contribution is -0.121. The zero-order chi connectivity index (χ0) is 21.9. The standard InChI is InChI=1S/C23H31N3O3S/c1-15-6-8-17(9-7-15)21-19(30-16(2)24-21)14-20(27)25-18-10-12-26(13-11-18)22(28)29-23(3,4)5/h6-9,18H,10-14H2,1-5H3,(H,25,27). The van der Waals surface area contributed by atoms with Crippen molar-refractivity contribution in [3.05, 3.63) is 39.7 Å². The van der Waals surface area contributed by atoms with Crippen LogP contribution in [0.5, 0.6) is 0 Å². The first-order chi connectivity index (χ1) is 14.1. The number of ether oxygens (including phenoxy) is 1. The molecule has 1 aliphatic rings. The van der Waals surface area contributed by atoms with Crippen LogP contribution in [-0.4, -0.2) is 46.6 Å². The van der Waals surface area contributed by atoms with Crippen molar-refractivity contribution in [2.45, 2.75) is 65.5 Å². The molecule has 1 N–H and O–H groups in total. The number of likely N-dealkylation sites (tertiary alicyclic amines) is 1. The van der Waals surface area contributed by atoms with Crippen LogP contribution >= 0.6 is 11.3 Å². The first kappa shape index (κ1) is 22.3. The van der Waals surface area contributed by atoms with Crippen LogP contribution in [0.25, 0.3) is 11.3 Å². The normalized spacial score (nSPS) is 15.2. The minimum absolute atomic E-state index is 0.00253. The van der Waals surface area contributed by atoms with Gasteiger partial charge in [-0.05, 0) is 47.5 Å². The summed E-state index contributed by atoms with van der Waals surface area (Å²) in [7, 11) is 0. The summed E-state index contributed by atoms with van der Waals surface area (Å²) in [4.78, 5) is 32.2. The van der Waals surface area contributed by atoms with E-state index in [1.54, 1.807) is 16.2 Å². The highest BCUT2D eigenvalue weighted by Crippen LogP contribution is 2.29. The van der Waals surface area contributed by atoms with E-state index in [1.807, 2.05) is 27.7 Å². The number of aromatic nitrogens is 1. The molecule has 0 unspecified atom stereocenters. The van der Waals surface area contributed by atoms with Gasteiger partial charge in [0.1, 0.15) is 5.60 Å². The van der Waals surface area contributed by atoms with Gasteiger partial charge >= 0.3 is 6.09 Å². The predicted octanol–water partition coefficient (Wildman–Crippen LogP) is 4.49. The summed E-state index contributed by atoms with van der Waals surface area (Å²) < 4.78 is 5.43. The number of nitrogens with zero attached hydrogens (tertiary/aromatic N) is 2. The summed E-state index contributed by atoms with van der Waals surface area (Å²) in [5.74, 6) is 0.00253. The van der Waals surface area contributed by atoms with Crippen molar-refractivity contribution in [1.29, 1.82) is 0 Å². The molecular formula is C23H31N3O3S. The molecule has 0 bridgehead atoms. The first-order valence-corrected chi connectivity index (χ1v) is 11.2. The molecule has 7 heteroatoms. The average molecular weight is 430 g/mol. The molecule has 30 heavy (non-hydrogen) atoms. The highest BCUT2D eigenvalue weighted by molar-refractivity contribution is 7.12. The van der Waals surface area contributed by atoms with Crippen LogP contribution in [-0.2, 0) is 16.0 Å². The number of hydrogen-bond acceptors (Lipinski definition) is 5. The third-order valence-corrected chi connectivity index (χ3v) is 5.93. The Labute approximate surface area is 182 Å². The largest absolute Gasteiger partial charge is 0.444 e. The number of piperidine rings is 1. The minimum atomic E-state index is -0.496. The van der Waals surface area contributed by atoms with Crippen LogP contribution < -0.4 is 5.32 Å².